The van der Waals surface area contributed by atoms with Gasteiger partial charge in [-0.3, -0.25) is 11.3 Å². The molecule has 21 heavy (non-hydrogen) atoms. The van der Waals surface area contributed by atoms with Crippen LogP contribution in [0.25, 0.3) is 0 Å². The molecular formula is C14H26F2N2O2S. The minimum Gasteiger partial charge on any atom is -0.375 e. The molecule has 4 nitrogen and oxygen atoms in total. The SMILES string of the molecule is NNC(CCOCC(F)F)C1CCOC2(CCSCC2)C1. The predicted molar refractivity (Wildman–Crippen MR) is 80.5 cm³/mol. The Kier molecular flexibility index (Phi) is 7.15. The van der Waals surface area contributed by atoms with Crippen LogP contribution in [0.4, 0.5) is 8.78 Å². The number of nitrogens with two attached hydrogens (primary N) is 1. The minimum atomic E-state index is -2.40. The van der Waals surface area contributed by atoms with Crippen LogP contribution in [0.15, 0.2) is 0 Å². The van der Waals surface area contributed by atoms with Gasteiger partial charge in [0.05, 0.1) is 5.60 Å². The van der Waals surface area contributed by atoms with Crippen LogP contribution in [0.1, 0.15) is 32.1 Å². The van der Waals surface area contributed by atoms with Crippen LogP contribution >= 0.6 is 11.8 Å². The van der Waals surface area contributed by atoms with Crippen LogP contribution in [0.5, 0.6) is 0 Å². The summed E-state index contributed by atoms with van der Waals surface area (Å²) in [4.78, 5) is 0. The van der Waals surface area contributed by atoms with Crippen molar-refractivity contribution in [3.8, 4) is 0 Å². The van der Waals surface area contributed by atoms with Gasteiger partial charge in [-0.25, -0.2) is 8.78 Å². The summed E-state index contributed by atoms with van der Waals surface area (Å²) in [5.74, 6) is 8.41. The first kappa shape index (κ1) is 17.4. The number of alkyl halides is 2. The van der Waals surface area contributed by atoms with Crippen LogP contribution in [0.3, 0.4) is 0 Å². The van der Waals surface area contributed by atoms with Gasteiger partial charge >= 0.3 is 0 Å². The molecule has 1 spiro atoms. The van der Waals surface area contributed by atoms with Gasteiger partial charge in [-0.05, 0) is 49.5 Å². The van der Waals surface area contributed by atoms with E-state index in [2.05, 4.69) is 5.43 Å². The monoisotopic (exact) mass is 324 g/mol. The highest BCUT2D eigenvalue weighted by atomic mass is 32.2. The number of hydrazine groups is 1. The quantitative estimate of drug-likeness (QED) is 0.427. The van der Waals surface area contributed by atoms with Crippen molar-refractivity contribution in [1.82, 2.24) is 5.43 Å². The van der Waals surface area contributed by atoms with E-state index < -0.39 is 13.0 Å². The maximum Gasteiger partial charge on any atom is 0.261 e. The van der Waals surface area contributed by atoms with Gasteiger partial charge in [0.15, 0.2) is 0 Å². The van der Waals surface area contributed by atoms with Crippen molar-refractivity contribution in [2.75, 3.05) is 31.3 Å². The number of thioether (sulfide) groups is 1. The molecule has 2 saturated heterocycles. The molecule has 3 N–H and O–H groups in total. The van der Waals surface area contributed by atoms with Gasteiger partial charge in [0, 0.05) is 19.3 Å². The van der Waals surface area contributed by atoms with Crippen LogP contribution < -0.4 is 11.3 Å². The number of hydrogen-bond donors (Lipinski definition) is 2. The van der Waals surface area contributed by atoms with Crippen LogP contribution in [-0.4, -0.2) is 49.4 Å². The number of halogens is 2. The smallest absolute Gasteiger partial charge is 0.261 e. The topological polar surface area (TPSA) is 56.5 Å². The summed E-state index contributed by atoms with van der Waals surface area (Å²) in [6, 6.07) is 0.109. The van der Waals surface area contributed by atoms with Crippen molar-refractivity contribution in [3.63, 3.8) is 0 Å². The Hall–Kier alpha value is 0.0500. The minimum absolute atomic E-state index is 0.0209. The molecule has 0 aromatic carbocycles. The lowest BCUT2D eigenvalue weighted by Crippen LogP contribution is -2.50. The van der Waals surface area contributed by atoms with E-state index in [-0.39, 0.29) is 11.6 Å². The lowest BCUT2D eigenvalue weighted by molar-refractivity contribution is -0.108. The normalized spacial score (nSPS) is 27.1. The molecule has 2 heterocycles. The van der Waals surface area contributed by atoms with Crippen molar-refractivity contribution in [2.24, 2.45) is 11.8 Å². The standard InChI is InChI=1S/C14H26F2N2O2S/c15-13(16)10-19-5-2-12(18-17)11-1-6-20-14(9-11)3-7-21-8-4-14/h11-13,18H,1-10,17H2. The van der Waals surface area contributed by atoms with Gasteiger partial charge < -0.3 is 9.47 Å². The van der Waals surface area contributed by atoms with Crippen LogP contribution in [0, 0.1) is 5.92 Å². The first-order valence-electron chi connectivity index (χ1n) is 7.69. The van der Waals surface area contributed by atoms with E-state index in [9.17, 15) is 8.78 Å². The number of ether oxygens (including phenoxy) is 2. The van der Waals surface area contributed by atoms with Crippen molar-refractivity contribution in [2.45, 2.75) is 50.2 Å². The Labute approximate surface area is 129 Å². The molecule has 0 radical (unpaired) electrons. The summed E-state index contributed by atoms with van der Waals surface area (Å²) < 4.78 is 35.2. The summed E-state index contributed by atoms with van der Waals surface area (Å²) in [5.41, 5.74) is 2.87. The molecule has 2 atom stereocenters. The van der Waals surface area contributed by atoms with Gasteiger partial charge in [0.1, 0.15) is 6.61 Å². The van der Waals surface area contributed by atoms with Gasteiger partial charge in [0.2, 0.25) is 0 Å². The van der Waals surface area contributed by atoms with Crippen molar-refractivity contribution in [3.05, 3.63) is 0 Å². The Morgan fingerprint density at radius 1 is 1.38 bits per heavy atom. The summed E-state index contributed by atoms with van der Waals surface area (Å²) in [6.45, 7) is 0.594. The molecule has 0 aromatic heterocycles. The fourth-order valence-electron chi connectivity index (χ4n) is 3.34. The van der Waals surface area contributed by atoms with E-state index in [0.29, 0.717) is 18.9 Å². The fourth-order valence-corrected chi connectivity index (χ4v) is 4.58. The molecule has 2 fully saturated rings. The summed E-state index contributed by atoms with van der Waals surface area (Å²) in [6.07, 6.45) is 2.45. The van der Waals surface area contributed by atoms with Crippen molar-refractivity contribution < 1.29 is 18.3 Å². The molecule has 0 amide bonds. The maximum absolute atomic E-state index is 12.1. The summed E-state index contributed by atoms with van der Waals surface area (Å²) >= 11 is 1.99. The molecule has 2 unspecified atom stereocenters. The molecule has 0 aromatic rings. The molecule has 0 saturated carbocycles. The lowest BCUT2D eigenvalue weighted by atomic mass is 9.78. The third kappa shape index (κ3) is 5.32. The van der Waals surface area contributed by atoms with Crippen LogP contribution in [0.2, 0.25) is 0 Å². The van der Waals surface area contributed by atoms with Gasteiger partial charge in [-0.2, -0.15) is 11.8 Å². The molecule has 124 valence electrons. The Morgan fingerprint density at radius 2 is 2.14 bits per heavy atom. The predicted octanol–water partition coefficient (Wildman–Crippen LogP) is 2.18. The van der Waals surface area contributed by atoms with Gasteiger partial charge in [-0.1, -0.05) is 0 Å². The van der Waals surface area contributed by atoms with E-state index >= 15 is 0 Å². The molecule has 7 heteroatoms. The average Bonchev–Trinajstić information content (AvgIpc) is 2.48. The first-order valence-corrected chi connectivity index (χ1v) is 8.84. The first-order chi connectivity index (χ1) is 10.2. The number of rotatable bonds is 7. The summed E-state index contributed by atoms with van der Waals surface area (Å²) in [5, 5.41) is 0. The van der Waals surface area contributed by atoms with Crippen molar-refractivity contribution in [1.29, 1.82) is 0 Å². The maximum atomic E-state index is 12.1. The lowest BCUT2D eigenvalue weighted by Gasteiger charge is -2.45. The third-order valence-electron chi connectivity index (χ3n) is 4.54. The average molecular weight is 324 g/mol. The zero-order chi connectivity index (χ0) is 15.1. The van der Waals surface area contributed by atoms with E-state index in [1.54, 1.807) is 0 Å². The summed E-state index contributed by atoms with van der Waals surface area (Å²) in [7, 11) is 0. The van der Waals surface area contributed by atoms with E-state index in [1.807, 2.05) is 11.8 Å². The molecule has 0 bridgehead atoms. The zero-order valence-corrected chi connectivity index (χ0v) is 13.2. The molecule has 2 rings (SSSR count). The zero-order valence-electron chi connectivity index (χ0n) is 12.4. The van der Waals surface area contributed by atoms with Gasteiger partial charge in [0.25, 0.3) is 6.43 Å². The van der Waals surface area contributed by atoms with E-state index in [0.717, 1.165) is 43.8 Å². The Bertz CT molecular complexity index is 299. The number of hydrogen-bond acceptors (Lipinski definition) is 5. The second-order valence-electron chi connectivity index (χ2n) is 5.92. The largest absolute Gasteiger partial charge is 0.375 e. The third-order valence-corrected chi connectivity index (χ3v) is 5.52. The Balaban J connectivity index is 1.80. The second-order valence-corrected chi connectivity index (χ2v) is 7.15. The van der Waals surface area contributed by atoms with Gasteiger partial charge in [-0.15, -0.1) is 0 Å². The molecule has 0 aliphatic carbocycles. The second kappa shape index (κ2) is 8.62. The van der Waals surface area contributed by atoms with E-state index in [1.165, 1.54) is 0 Å². The molecule has 2 aliphatic rings. The highest BCUT2D eigenvalue weighted by Crippen LogP contribution is 2.40. The highest BCUT2D eigenvalue weighted by Gasteiger charge is 2.40. The molecule has 2 aliphatic heterocycles. The van der Waals surface area contributed by atoms with Crippen molar-refractivity contribution >= 4 is 11.8 Å². The van der Waals surface area contributed by atoms with E-state index in [4.69, 9.17) is 15.3 Å². The number of nitrogens with one attached hydrogen (secondary N) is 1. The molecular weight excluding hydrogens is 298 g/mol. The Morgan fingerprint density at radius 3 is 2.81 bits per heavy atom. The highest BCUT2D eigenvalue weighted by molar-refractivity contribution is 7.99. The van der Waals surface area contributed by atoms with Crippen LogP contribution in [-0.2, 0) is 9.47 Å². The fraction of sp³-hybridized carbons (Fsp3) is 1.00.